The van der Waals surface area contributed by atoms with Crippen molar-refractivity contribution in [3.05, 3.63) is 65.2 Å². The van der Waals surface area contributed by atoms with E-state index in [1.807, 2.05) is 12.1 Å². The van der Waals surface area contributed by atoms with Crippen molar-refractivity contribution in [2.24, 2.45) is 0 Å². The summed E-state index contributed by atoms with van der Waals surface area (Å²) in [4.78, 5) is 2.44. The fraction of sp³-hybridized carbons (Fsp3) is 0.333. The number of nitrogens with zero attached hydrogens (tertiary/aromatic N) is 1. The van der Waals surface area contributed by atoms with Crippen molar-refractivity contribution in [3.63, 3.8) is 0 Å². The molecule has 3 rings (SSSR count). The molecule has 1 aliphatic carbocycles. The Morgan fingerprint density at radius 3 is 2.75 bits per heavy atom. The first-order valence-corrected chi connectivity index (χ1v) is 7.30. The molecule has 0 bridgehead atoms. The fourth-order valence-corrected chi connectivity index (χ4v) is 3.15. The molecule has 0 aromatic heterocycles. The molecule has 0 amide bonds. The van der Waals surface area contributed by atoms with Gasteiger partial charge in [-0.05, 0) is 55.1 Å². The van der Waals surface area contributed by atoms with Crippen LogP contribution in [0, 0.1) is 0 Å². The maximum Gasteiger partial charge on any atom is 0.115 e. The lowest BCUT2D eigenvalue weighted by molar-refractivity contribution is 0.247. The van der Waals surface area contributed by atoms with Crippen molar-refractivity contribution < 1.29 is 5.11 Å². The van der Waals surface area contributed by atoms with Crippen LogP contribution < -0.4 is 0 Å². The molecule has 1 atom stereocenters. The van der Waals surface area contributed by atoms with Crippen LogP contribution in [0.4, 0.5) is 0 Å². The third-order valence-electron chi connectivity index (χ3n) is 4.30. The van der Waals surface area contributed by atoms with Gasteiger partial charge < -0.3 is 5.11 Å². The number of benzene rings is 2. The van der Waals surface area contributed by atoms with Crippen molar-refractivity contribution in [2.45, 2.75) is 25.3 Å². The summed E-state index contributed by atoms with van der Waals surface area (Å²) in [6.45, 7) is 1.06. The van der Waals surface area contributed by atoms with E-state index in [2.05, 4.69) is 48.3 Å². The molecule has 0 saturated heterocycles. The second kappa shape index (κ2) is 5.68. The van der Waals surface area contributed by atoms with E-state index in [-0.39, 0.29) is 0 Å². The summed E-state index contributed by atoms with van der Waals surface area (Å²) in [5.41, 5.74) is 4.09. The number of phenolic OH excluding ortho intramolecular Hbond substituents is 1. The Morgan fingerprint density at radius 2 is 1.95 bits per heavy atom. The summed E-state index contributed by atoms with van der Waals surface area (Å²) in [6, 6.07) is 16.9. The lowest BCUT2D eigenvalue weighted by atomic mass is 10.1. The highest BCUT2D eigenvalue weighted by atomic mass is 16.3. The van der Waals surface area contributed by atoms with Gasteiger partial charge >= 0.3 is 0 Å². The van der Waals surface area contributed by atoms with Gasteiger partial charge in [0.2, 0.25) is 0 Å². The van der Waals surface area contributed by atoms with E-state index in [0.717, 1.165) is 25.8 Å². The minimum absolute atomic E-state index is 0.385. The van der Waals surface area contributed by atoms with Crippen molar-refractivity contribution in [1.82, 2.24) is 4.90 Å². The molecule has 1 unspecified atom stereocenters. The number of phenols is 1. The Hall–Kier alpha value is -1.80. The lowest BCUT2D eigenvalue weighted by Crippen LogP contribution is -2.25. The predicted molar refractivity (Wildman–Crippen MR) is 81.9 cm³/mol. The molecular weight excluding hydrogens is 246 g/mol. The van der Waals surface area contributed by atoms with Crippen LogP contribution >= 0.6 is 0 Å². The van der Waals surface area contributed by atoms with E-state index in [1.54, 1.807) is 0 Å². The second-order valence-electron chi connectivity index (χ2n) is 5.65. The number of fused-ring (bicyclic) bond motifs is 1. The summed E-state index contributed by atoms with van der Waals surface area (Å²) in [5.74, 6) is 0.385. The van der Waals surface area contributed by atoms with Gasteiger partial charge in [-0.1, -0.05) is 36.4 Å². The van der Waals surface area contributed by atoms with Crippen molar-refractivity contribution in [2.75, 3.05) is 13.6 Å². The van der Waals surface area contributed by atoms with Gasteiger partial charge in [0.1, 0.15) is 5.75 Å². The molecule has 1 aliphatic rings. The number of aryl methyl sites for hydroxylation is 1. The topological polar surface area (TPSA) is 23.5 Å². The summed E-state index contributed by atoms with van der Waals surface area (Å²) in [7, 11) is 2.20. The van der Waals surface area contributed by atoms with Crippen LogP contribution in [0.5, 0.6) is 5.75 Å². The van der Waals surface area contributed by atoms with Crippen LogP contribution in [0.2, 0.25) is 0 Å². The van der Waals surface area contributed by atoms with E-state index < -0.39 is 0 Å². The van der Waals surface area contributed by atoms with Crippen molar-refractivity contribution >= 4 is 0 Å². The van der Waals surface area contributed by atoms with Gasteiger partial charge in [0, 0.05) is 12.6 Å². The van der Waals surface area contributed by atoms with Gasteiger partial charge in [0.15, 0.2) is 0 Å². The van der Waals surface area contributed by atoms with Crippen LogP contribution in [0.25, 0.3) is 0 Å². The average molecular weight is 267 g/mol. The third-order valence-corrected chi connectivity index (χ3v) is 4.30. The molecule has 0 saturated carbocycles. The molecule has 2 aromatic rings. The molecule has 1 N–H and O–H groups in total. The first-order valence-electron chi connectivity index (χ1n) is 7.30. The number of aromatic hydroxyl groups is 1. The number of hydrogen-bond acceptors (Lipinski definition) is 2. The maximum atomic E-state index is 9.56. The fourth-order valence-electron chi connectivity index (χ4n) is 3.15. The predicted octanol–water partition coefficient (Wildman–Crippen LogP) is 3.55. The SMILES string of the molecule is CN(CCc1ccccc1)C1CCc2cc(O)ccc21. The monoisotopic (exact) mass is 267 g/mol. The molecule has 2 nitrogen and oxygen atoms in total. The molecule has 0 heterocycles. The molecule has 0 aliphatic heterocycles. The zero-order chi connectivity index (χ0) is 13.9. The molecule has 104 valence electrons. The van der Waals surface area contributed by atoms with Crippen LogP contribution in [0.3, 0.4) is 0 Å². The van der Waals surface area contributed by atoms with Crippen molar-refractivity contribution in [3.8, 4) is 5.75 Å². The largest absolute Gasteiger partial charge is 0.508 e. The van der Waals surface area contributed by atoms with E-state index >= 15 is 0 Å². The first-order chi connectivity index (χ1) is 9.74. The normalized spacial score (nSPS) is 17.4. The molecule has 2 heteroatoms. The first kappa shape index (κ1) is 13.2. The zero-order valence-electron chi connectivity index (χ0n) is 11.9. The van der Waals surface area contributed by atoms with Crippen LogP contribution in [0.1, 0.15) is 29.2 Å². The van der Waals surface area contributed by atoms with Crippen LogP contribution in [-0.2, 0) is 12.8 Å². The number of rotatable bonds is 4. The minimum Gasteiger partial charge on any atom is -0.508 e. The van der Waals surface area contributed by atoms with E-state index in [0.29, 0.717) is 11.8 Å². The van der Waals surface area contributed by atoms with E-state index in [4.69, 9.17) is 0 Å². The highest BCUT2D eigenvalue weighted by molar-refractivity contribution is 5.40. The van der Waals surface area contributed by atoms with Crippen LogP contribution in [0.15, 0.2) is 48.5 Å². The molecule has 0 fully saturated rings. The molecule has 2 aromatic carbocycles. The Balaban J connectivity index is 1.66. The maximum absolute atomic E-state index is 9.56. The van der Waals surface area contributed by atoms with Gasteiger partial charge in [-0.25, -0.2) is 0 Å². The summed E-state index contributed by atoms with van der Waals surface area (Å²) >= 11 is 0. The van der Waals surface area contributed by atoms with E-state index in [1.165, 1.54) is 16.7 Å². The zero-order valence-corrected chi connectivity index (χ0v) is 11.9. The molecule has 0 spiro atoms. The lowest BCUT2D eigenvalue weighted by Gasteiger charge is -2.25. The van der Waals surface area contributed by atoms with Gasteiger partial charge in [-0.2, -0.15) is 0 Å². The van der Waals surface area contributed by atoms with E-state index in [9.17, 15) is 5.11 Å². The smallest absolute Gasteiger partial charge is 0.115 e. The van der Waals surface area contributed by atoms with Gasteiger partial charge in [0.25, 0.3) is 0 Å². The standard InChI is InChI=1S/C18H21NO/c1-19(12-11-14-5-3-2-4-6-14)18-10-7-15-13-16(20)8-9-17(15)18/h2-6,8-9,13,18,20H,7,10-12H2,1H3. The minimum atomic E-state index is 0.385. The van der Waals surface area contributed by atoms with Crippen LogP contribution in [-0.4, -0.2) is 23.6 Å². The number of likely N-dealkylation sites (N-methyl/N-ethyl adjacent to an activating group) is 1. The summed E-state index contributed by atoms with van der Waals surface area (Å²) < 4.78 is 0. The van der Waals surface area contributed by atoms with Crippen molar-refractivity contribution in [1.29, 1.82) is 0 Å². The third kappa shape index (κ3) is 2.70. The summed E-state index contributed by atoms with van der Waals surface area (Å²) in [6.07, 6.45) is 3.31. The Labute approximate surface area is 120 Å². The molecular formula is C18H21NO. The Bertz CT molecular complexity index is 579. The van der Waals surface area contributed by atoms with Gasteiger partial charge in [-0.3, -0.25) is 4.90 Å². The second-order valence-corrected chi connectivity index (χ2v) is 5.65. The molecule has 0 radical (unpaired) electrons. The number of hydrogen-bond donors (Lipinski definition) is 1. The quantitative estimate of drug-likeness (QED) is 0.915. The Morgan fingerprint density at radius 1 is 1.15 bits per heavy atom. The molecule has 20 heavy (non-hydrogen) atoms. The Kier molecular flexibility index (Phi) is 3.75. The highest BCUT2D eigenvalue weighted by Gasteiger charge is 2.25. The summed E-state index contributed by atoms with van der Waals surface area (Å²) in [5, 5.41) is 9.56. The van der Waals surface area contributed by atoms with Gasteiger partial charge in [-0.15, -0.1) is 0 Å². The van der Waals surface area contributed by atoms with Gasteiger partial charge in [0.05, 0.1) is 0 Å². The highest BCUT2D eigenvalue weighted by Crippen LogP contribution is 2.36. The average Bonchev–Trinajstić information content (AvgIpc) is 2.89.